The maximum atomic E-state index is 13.3. The number of nitrogens with zero attached hydrogens (tertiary/aromatic N) is 2. The molecule has 4 rings (SSSR count). The van der Waals surface area contributed by atoms with Gasteiger partial charge in [-0.3, -0.25) is 4.79 Å². The van der Waals surface area contributed by atoms with E-state index < -0.39 is 0 Å². The van der Waals surface area contributed by atoms with Crippen molar-refractivity contribution in [3.8, 4) is 0 Å². The van der Waals surface area contributed by atoms with Crippen LogP contribution in [0.25, 0.3) is 0 Å². The minimum absolute atomic E-state index is 0.0583. The second-order valence-electron chi connectivity index (χ2n) is 8.08. The highest BCUT2D eigenvalue weighted by molar-refractivity contribution is 5.99. The maximum Gasteiger partial charge on any atom is 0.409 e. The fourth-order valence-electron chi connectivity index (χ4n) is 4.44. The molecule has 0 aliphatic carbocycles. The molecule has 1 N–H and O–H groups in total. The number of amides is 2. The summed E-state index contributed by atoms with van der Waals surface area (Å²) in [7, 11) is 0. The Labute approximate surface area is 177 Å². The lowest BCUT2D eigenvalue weighted by Gasteiger charge is -2.39. The van der Waals surface area contributed by atoms with Crippen molar-refractivity contribution in [3.05, 3.63) is 64.7 Å². The molecule has 1 saturated heterocycles. The minimum atomic E-state index is -0.267. The fourth-order valence-corrected chi connectivity index (χ4v) is 4.44. The number of piperidine rings is 1. The van der Waals surface area contributed by atoms with Gasteiger partial charge in [-0.1, -0.05) is 30.3 Å². The predicted octanol–water partition coefficient (Wildman–Crippen LogP) is 4.49. The number of carbonyl (C=O) groups is 2. The van der Waals surface area contributed by atoms with Gasteiger partial charge in [0.1, 0.15) is 6.17 Å². The lowest BCUT2D eigenvalue weighted by molar-refractivity contribution is 0.0496. The van der Waals surface area contributed by atoms with E-state index in [0.717, 1.165) is 35.2 Å². The first-order valence-electron chi connectivity index (χ1n) is 10.7. The molecule has 6 nitrogen and oxygen atoms in total. The second kappa shape index (κ2) is 8.38. The van der Waals surface area contributed by atoms with E-state index in [1.165, 1.54) is 5.56 Å². The number of aryl methyl sites for hydroxylation is 2. The first-order chi connectivity index (χ1) is 14.5. The van der Waals surface area contributed by atoms with E-state index in [1.807, 2.05) is 36.1 Å². The van der Waals surface area contributed by atoms with Gasteiger partial charge in [-0.2, -0.15) is 0 Å². The summed E-state index contributed by atoms with van der Waals surface area (Å²) in [5.41, 5.74) is 5.13. The largest absolute Gasteiger partial charge is 0.450 e. The monoisotopic (exact) mass is 407 g/mol. The molecule has 0 aromatic heterocycles. The lowest BCUT2D eigenvalue weighted by Crippen LogP contribution is -2.49. The first kappa shape index (κ1) is 20.3. The number of carbonyl (C=O) groups excluding carboxylic acids is 2. The van der Waals surface area contributed by atoms with Gasteiger partial charge in [-0.15, -0.1) is 0 Å². The molecular formula is C24H29N3O3. The molecule has 2 aromatic rings. The molecule has 0 bridgehead atoms. The van der Waals surface area contributed by atoms with Gasteiger partial charge in [0.2, 0.25) is 0 Å². The number of fused-ring (bicyclic) bond motifs is 1. The van der Waals surface area contributed by atoms with E-state index >= 15 is 0 Å². The Morgan fingerprint density at radius 2 is 1.87 bits per heavy atom. The molecule has 1 atom stereocenters. The molecule has 0 saturated carbocycles. The average molecular weight is 408 g/mol. The molecular weight excluding hydrogens is 378 g/mol. The van der Waals surface area contributed by atoms with Crippen LogP contribution in [0.5, 0.6) is 0 Å². The summed E-state index contributed by atoms with van der Waals surface area (Å²) in [5, 5.41) is 3.64. The van der Waals surface area contributed by atoms with Gasteiger partial charge in [-0.25, -0.2) is 4.79 Å². The molecule has 0 spiro atoms. The van der Waals surface area contributed by atoms with Crippen LogP contribution in [-0.2, 0) is 4.74 Å². The van der Waals surface area contributed by atoms with Gasteiger partial charge in [0.15, 0.2) is 0 Å². The molecule has 6 heteroatoms. The van der Waals surface area contributed by atoms with E-state index in [-0.39, 0.29) is 24.2 Å². The van der Waals surface area contributed by atoms with E-state index in [0.29, 0.717) is 19.7 Å². The van der Waals surface area contributed by atoms with Crippen molar-refractivity contribution in [1.82, 2.24) is 9.80 Å². The Morgan fingerprint density at radius 1 is 1.13 bits per heavy atom. The van der Waals surface area contributed by atoms with Crippen molar-refractivity contribution < 1.29 is 14.3 Å². The smallest absolute Gasteiger partial charge is 0.409 e. The van der Waals surface area contributed by atoms with Crippen LogP contribution < -0.4 is 5.32 Å². The average Bonchev–Trinajstić information content (AvgIpc) is 3.03. The van der Waals surface area contributed by atoms with Crippen LogP contribution in [0.3, 0.4) is 0 Å². The first-order valence-corrected chi connectivity index (χ1v) is 10.7. The van der Waals surface area contributed by atoms with Crippen LogP contribution in [0.1, 0.15) is 53.0 Å². The molecule has 158 valence electrons. The summed E-state index contributed by atoms with van der Waals surface area (Å²) in [5.74, 6) is 0.0583. The highest BCUT2D eigenvalue weighted by Gasteiger charge is 2.42. The van der Waals surface area contributed by atoms with Gasteiger partial charge in [0, 0.05) is 35.9 Å². The molecule has 0 radical (unpaired) electrons. The summed E-state index contributed by atoms with van der Waals surface area (Å²) >= 11 is 0. The molecule has 0 unspecified atom stereocenters. The number of likely N-dealkylation sites (tertiary alicyclic amines) is 1. The van der Waals surface area contributed by atoms with E-state index in [2.05, 4.69) is 37.4 Å². The summed E-state index contributed by atoms with van der Waals surface area (Å²) in [6, 6.07) is 14.2. The van der Waals surface area contributed by atoms with Crippen molar-refractivity contribution in [2.45, 2.75) is 45.8 Å². The molecule has 1 fully saturated rings. The fraction of sp³-hybridized carbons (Fsp3) is 0.417. The highest BCUT2D eigenvalue weighted by atomic mass is 16.6. The lowest BCUT2D eigenvalue weighted by atomic mass is 10.0. The van der Waals surface area contributed by atoms with Crippen LogP contribution in [0, 0.1) is 13.8 Å². The zero-order valence-electron chi connectivity index (χ0n) is 17.9. The molecule has 2 amide bonds. The molecule has 2 aliphatic heterocycles. The normalized spacial score (nSPS) is 19.0. The zero-order chi connectivity index (χ0) is 21.3. The van der Waals surface area contributed by atoms with Gasteiger partial charge >= 0.3 is 6.09 Å². The summed E-state index contributed by atoms with van der Waals surface area (Å²) in [4.78, 5) is 29.1. The van der Waals surface area contributed by atoms with Crippen LogP contribution >= 0.6 is 0 Å². The third-order valence-electron chi connectivity index (χ3n) is 6.07. The third-order valence-corrected chi connectivity index (χ3v) is 6.07. The zero-order valence-corrected chi connectivity index (χ0v) is 17.9. The molecule has 2 heterocycles. The Kier molecular flexibility index (Phi) is 5.66. The van der Waals surface area contributed by atoms with Gasteiger partial charge < -0.3 is 19.9 Å². The third kappa shape index (κ3) is 3.74. The Bertz CT molecular complexity index is 950. The summed E-state index contributed by atoms with van der Waals surface area (Å²) in [6.07, 6.45) is 0.998. The number of hydrogen-bond donors (Lipinski definition) is 1. The Balaban J connectivity index is 1.59. The maximum absolute atomic E-state index is 13.3. The van der Waals surface area contributed by atoms with Crippen molar-refractivity contribution >= 4 is 17.7 Å². The van der Waals surface area contributed by atoms with E-state index in [1.54, 1.807) is 4.90 Å². The van der Waals surface area contributed by atoms with Crippen LogP contribution in [0.2, 0.25) is 0 Å². The number of nitrogens with one attached hydrogen (secondary N) is 1. The second-order valence-corrected chi connectivity index (χ2v) is 8.08. The number of anilines is 1. The SMILES string of the molecule is CCOC(=O)N1CCC(N2C(=O)c3ccccc3[C@H]2Nc2cc(C)ccc2C)CC1. The molecule has 30 heavy (non-hydrogen) atoms. The standard InChI is InChI=1S/C24H29N3O3/c1-4-30-24(29)26-13-11-18(12-14-26)27-22(19-7-5-6-8-20(19)23(27)28)25-21-15-16(2)9-10-17(21)3/h5-10,15,18,22,25H,4,11-14H2,1-3H3/t22-/m0/s1. The summed E-state index contributed by atoms with van der Waals surface area (Å²) in [6.45, 7) is 7.53. The van der Waals surface area contributed by atoms with E-state index in [9.17, 15) is 9.59 Å². The number of ether oxygens (including phenoxy) is 1. The van der Waals surface area contributed by atoms with Crippen molar-refractivity contribution in [2.24, 2.45) is 0 Å². The highest BCUT2D eigenvalue weighted by Crippen LogP contribution is 2.38. The van der Waals surface area contributed by atoms with E-state index in [4.69, 9.17) is 4.74 Å². The van der Waals surface area contributed by atoms with Gasteiger partial charge in [-0.05, 0) is 56.9 Å². The van der Waals surface area contributed by atoms with Crippen LogP contribution in [0.15, 0.2) is 42.5 Å². The van der Waals surface area contributed by atoms with Crippen LogP contribution in [-0.4, -0.2) is 47.5 Å². The quantitative estimate of drug-likeness (QED) is 0.811. The predicted molar refractivity (Wildman–Crippen MR) is 117 cm³/mol. The Hall–Kier alpha value is -3.02. The molecule has 2 aromatic carbocycles. The van der Waals surface area contributed by atoms with Crippen molar-refractivity contribution in [1.29, 1.82) is 0 Å². The number of rotatable bonds is 4. The summed E-state index contributed by atoms with van der Waals surface area (Å²) < 4.78 is 5.13. The Morgan fingerprint density at radius 3 is 2.60 bits per heavy atom. The number of hydrogen-bond acceptors (Lipinski definition) is 4. The van der Waals surface area contributed by atoms with Crippen molar-refractivity contribution in [2.75, 3.05) is 25.0 Å². The molecule has 2 aliphatic rings. The van der Waals surface area contributed by atoms with Crippen molar-refractivity contribution in [3.63, 3.8) is 0 Å². The number of benzene rings is 2. The van der Waals surface area contributed by atoms with Gasteiger partial charge in [0.25, 0.3) is 5.91 Å². The topological polar surface area (TPSA) is 61.9 Å². The van der Waals surface area contributed by atoms with Crippen LogP contribution in [0.4, 0.5) is 10.5 Å². The minimum Gasteiger partial charge on any atom is -0.450 e. The van der Waals surface area contributed by atoms with Gasteiger partial charge in [0.05, 0.1) is 6.61 Å².